The lowest BCUT2D eigenvalue weighted by atomic mass is 9.86. The Morgan fingerprint density at radius 2 is 2.05 bits per heavy atom. The van der Waals surface area contributed by atoms with E-state index in [-0.39, 0.29) is 6.04 Å². The number of aliphatic hydroxyl groups excluding tert-OH is 1. The van der Waals surface area contributed by atoms with Gasteiger partial charge in [0.15, 0.2) is 0 Å². The molecule has 112 valence electrons. The molecule has 3 unspecified atom stereocenters. The summed E-state index contributed by atoms with van der Waals surface area (Å²) in [7, 11) is 0. The van der Waals surface area contributed by atoms with Crippen molar-refractivity contribution in [1.29, 1.82) is 0 Å². The average molecular weight is 277 g/mol. The van der Waals surface area contributed by atoms with Crippen molar-refractivity contribution in [1.82, 2.24) is 5.32 Å². The minimum Gasteiger partial charge on any atom is -0.494 e. The molecule has 2 rings (SSSR count). The molecular weight excluding hydrogens is 250 g/mol. The lowest BCUT2D eigenvalue weighted by Crippen LogP contribution is -2.42. The summed E-state index contributed by atoms with van der Waals surface area (Å²) in [6, 6.07) is 8.04. The second-order valence-electron chi connectivity index (χ2n) is 5.72. The number of nitrogens with one attached hydrogen (secondary N) is 1. The van der Waals surface area contributed by atoms with Crippen molar-refractivity contribution >= 4 is 0 Å². The molecule has 1 saturated heterocycles. The van der Waals surface area contributed by atoms with Gasteiger partial charge >= 0.3 is 0 Å². The monoisotopic (exact) mass is 277 g/mol. The molecule has 3 heteroatoms. The zero-order valence-electron chi connectivity index (χ0n) is 12.6. The van der Waals surface area contributed by atoms with Gasteiger partial charge in [-0.15, -0.1) is 0 Å². The topological polar surface area (TPSA) is 41.5 Å². The number of piperidine rings is 1. The van der Waals surface area contributed by atoms with Gasteiger partial charge in [0.2, 0.25) is 0 Å². The molecule has 3 atom stereocenters. The molecule has 1 aromatic carbocycles. The standard InChI is InChI=1S/C17H27NO2/c1-3-11-20-15-7-5-14(6-8-15)17(19)16-12-13(4-2)9-10-18-16/h5-8,13,16-19H,3-4,9-12H2,1-2H3. The molecule has 1 aromatic rings. The van der Waals surface area contributed by atoms with E-state index in [0.717, 1.165) is 43.2 Å². The highest BCUT2D eigenvalue weighted by Gasteiger charge is 2.26. The van der Waals surface area contributed by atoms with Gasteiger partial charge in [-0.05, 0) is 49.4 Å². The van der Waals surface area contributed by atoms with Crippen molar-refractivity contribution in [2.45, 2.75) is 51.7 Å². The molecule has 0 saturated carbocycles. The third-order valence-corrected chi connectivity index (χ3v) is 4.20. The maximum absolute atomic E-state index is 10.5. The maximum Gasteiger partial charge on any atom is 0.119 e. The molecule has 2 N–H and O–H groups in total. The minimum absolute atomic E-state index is 0.177. The Morgan fingerprint density at radius 1 is 1.30 bits per heavy atom. The van der Waals surface area contributed by atoms with E-state index in [1.807, 2.05) is 24.3 Å². The first-order valence-corrected chi connectivity index (χ1v) is 7.88. The lowest BCUT2D eigenvalue weighted by Gasteiger charge is -2.33. The molecule has 0 bridgehead atoms. The highest BCUT2D eigenvalue weighted by atomic mass is 16.5. The van der Waals surface area contributed by atoms with Gasteiger partial charge in [-0.2, -0.15) is 0 Å². The van der Waals surface area contributed by atoms with Gasteiger partial charge < -0.3 is 15.2 Å². The van der Waals surface area contributed by atoms with E-state index in [1.165, 1.54) is 12.8 Å². The summed E-state index contributed by atoms with van der Waals surface area (Å²) in [5.41, 5.74) is 0.975. The second-order valence-corrected chi connectivity index (χ2v) is 5.72. The van der Waals surface area contributed by atoms with E-state index in [9.17, 15) is 5.11 Å². The van der Waals surface area contributed by atoms with Crippen LogP contribution in [0.3, 0.4) is 0 Å². The van der Waals surface area contributed by atoms with Crippen LogP contribution in [0, 0.1) is 5.92 Å². The molecule has 3 nitrogen and oxygen atoms in total. The first kappa shape index (κ1) is 15.3. The highest BCUT2D eigenvalue weighted by molar-refractivity contribution is 5.29. The third kappa shape index (κ3) is 3.97. The Morgan fingerprint density at radius 3 is 2.70 bits per heavy atom. The van der Waals surface area contributed by atoms with Crippen molar-refractivity contribution in [3.05, 3.63) is 29.8 Å². The van der Waals surface area contributed by atoms with Crippen LogP contribution in [0.25, 0.3) is 0 Å². The predicted molar refractivity (Wildman–Crippen MR) is 82.0 cm³/mol. The molecule has 1 aliphatic rings. The Kier molecular flexibility index (Phi) is 5.86. The Bertz CT molecular complexity index is 390. The van der Waals surface area contributed by atoms with Gasteiger partial charge in [0.25, 0.3) is 0 Å². The fourth-order valence-corrected chi connectivity index (χ4v) is 2.86. The van der Waals surface area contributed by atoms with Crippen molar-refractivity contribution in [3.63, 3.8) is 0 Å². The maximum atomic E-state index is 10.5. The lowest BCUT2D eigenvalue weighted by molar-refractivity contribution is 0.0978. The molecule has 1 aliphatic heterocycles. The average Bonchev–Trinajstić information content (AvgIpc) is 2.52. The number of hydrogen-bond acceptors (Lipinski definition) is 3. The van der Waals surface area contributed by atoms with Crippen molar-refractivity contribution in [3.8, 4) is 5.75 Å². The smallest absolute Gasteiger partial charge is 0.119 e. The number of hydrogen-bond donors (Lipinski definition) is 2. The summed E-state index contributed by atoms with van der Waals surface area (Å²) < 4.78 is 5.57. The van der Waals surface area contributed by atoms with Crippen LogP contribution in [0.15, 0.2) is 24.3 Å². The zero-order chi connectivity index (χ0) is 14.4. The number of rotatable bonds is 6. The van der Waals surface area contributed by atoms with Gasteiger partial charge in [0, 0.05) is 6.04 Å². The predicted octanol–water partition coefficient (Wildman–Crippen LogP) is 3.29. The molecule has 0 aliphatic carbocycles. The zero-order valence-corrected chi connectivity index (χ0v) is 12.6. The van der Waals surface area contributed by atoms with Crippen molar-refractivity contribution in [2.24, 2.45) is 5.92 Å². The van der Waals surface area contributed by atoms with Crippen LogP contribution in [0.2, 0.25) is 0 Å². The van der Waals surface area contributed by atoms with E-state index in [4.69, 9.17) is 4.74 Å². The summed E-state index contributed by atoms with van der Waals surface area (Å²) in [4.78, 5) is 0. The number of aliphatic hydroxyl groups is 1. The van der Waals surface area contributed by atoms with Crippen LogP contribution in [0.1, 0.15) is 51.2 Å². The van der Waals surface area contributed by atoms with Crippen LogP contribution in [0.4, 0.5) is 0 Å². The van der Waals surface area contributed by atoms with E-state index < -0.39 is 6.10 Å². The molecule has 1 heterocycles. The fraction of sp³-hybridized carbons (Fsp3) is 0.647. The highest BCUT2D eigenvalue weighted by Crippen LogP contribution is 2.28. The Labute approximate surface area is 122 Å². The summed E-state index contributed by atoms with van der Waals surface area (Å²) >= 11 is 0. The molecule has 0 amide bonds. The van der Waals surface area contributed by atoms with Gasteiger partial charge in [-0.1, -0.05) is 32.4 Å². The summed E-state index contributed by atoms with van der Waals surface area (Å²) in [6.45, 7) is 6.08. The number of ether oxygens (including phenoxy) is 1. The molecule has 0 aromatic heterocycles. The summed E-state index contributed by atoms with van der Waals surface area (Å²) in [6.07, 6.45) is 4.07. The van der Waals surface area contributed by atoms with E-state index in [2.05, 4.69) is 19.2 Å². The fourth-order valence-electron chi connectivity index (χ4n) is 2.86. The molecule has 0 radical (unpaired) electrons. The minimum atomic E-state index is -0.426. The van der Waals surface area contributed by atoms with Crippen LogP contribution in [-0.4, -0.2) is 24.3 Å². The van der Waals surface area contributed by atoms with Crippen LogP contribution in [-0.2, 0) is 0 Å². The first-order valence-electron chi connectivity index (χ1n) is 7.88. The van der Waals surface area contributed by atoms with Crippen LogP contribution < -0.4 is 10.1 Å². The molecule has 20 heavy (non-hydrogen) atoms. The van der Waals surface area contributed by atoms with E-state index in [1.54, 1.807) is 0 Å². The molecule has 1 fully saturated rings. The normalized spacial score (nSPS) is 24.4. The van der Waals surface area contributed by atoms with Crippen LogP contribution in [0.5, 0.6) is 5.75 Å². The van der Waals surface area contributed by atoms with Crippen molar-refractivity contribution < 1.29 is 9.84 Å². The van der Waals surface area contributed by atoms with Gasteiger partial charge in [0.05, 0.1) is 12.7 Å². The third-order valence-electron chi connectivity index (χ3n) is 4.20. The molecular formula is C17H27NO2. The Balaban J connectivity index is 1.95. The first-order chi connectivity index (χ1) is 9.74. The van der Waals surface area contributed by atoms with Gasteiger partial charge in [0.1, 0.15) is 5.75 Å². The number of benzene rings is 1. The van der Waals surface area contributed by atoms with Gasteiger partial charge in [-0.3, -0.25) is 0 Å². The summed E-state index contributed by atoms with van der Waals surface area (Å²) in [5.74, 6) is 1.62. The summed E-state index contributed by atoms with van der Waals surface area (Å²) in [5, 5.41) is 14.0. The largest absolute Gasteiger partial charge is 0.494 e. The van der Waals surface area contributed by atoms with Crippen LogP contribution >= 0.6 is 0 Å². The molecule has 0 spiro atoms. The van der Waals surface area contributed by atoms with Crippen molar-refractivity contribution in [2.75, 3.05) is 13.2 Å². The Hall–Kier alpha value is -1.06. The van der Waals surface area contributed by atoms with E-state index >= 15 is 0 Å². The van der Waals surface area contributed by atoms with E-state index in [0.29, 0.717) is 0 Å². The SMILES string of the molecule is CCCOc1ccc(C(O)C2CC(CC)CCN2)cc1. The second kappa shape index (κ2) is 7.65. The quantitative estimate of drug-likeness (QED) is 0.838. The van der Waals surface area contributed by atoms with Gasteiger partial charge in [-0.25, -0.2) is 0 Å².